The lowest BCUT2D eigenvalue weighted by molar-refractivity contribution is -0.120. The van der Waals surface area contributed by atoms with Gasteiger partial charge in [-0.05, 0) is 42.6 Å². The van der Waals surface area contributed by atoms with Gasteiger partial charge in [-0.3, -0.25) is 9.59 Å². The van der Waals surface area contributed by atoms with Crippen LogP contribution in [-0.4, -0.2) is 11.8 Å². The summed E-state index contributed by atoms with van der Waals surface area (Å²) in [5.41, 5.74) is 1.73. The van der Waals surface area contributed by atoms with E-state index in [-0.39, 0.29) is 24.3 Å². The third-order valence-electron chi connectivity index (χ3n) is 4.06. The summed E-state index contributed by atoms with van der Waals surface area (Å²) in [6.45, 7) is 3.46. The van der Waals surface area contributed by atoms with Crippen molar-refractivity contribution in [1.29, 1.82) is 0 Å². The molecule has 1 heterocycles. The summed E-state index contributed by atoms with van der Waals surface area (Å²) in [4.78, 5) is 25.1. The molecule has 2 aromatic carbocycles. The normalized spacial score (nSPS) is 11.5. The van der Waals surface area contributed by atoms with Gasteiger partial charge in [-0.25, -0.2) is 0 Å². The molecule has 2 N–H and O–H groups in total. The molecule has 0 radical (unpaired) electrons. The number of thiophene rings is 1. The third-order valence-corrected chi connectivity index (χ3v) is 5.05. The first-order valence-electron chi connectivity index (χ1n) is 8.95. The van der Waals surface area contributed by atoms with E-state index in [0.29, 0.717) is 17.2 Å². The van der Waals surface area contributed by atoms with Crippen LogP contribution in [0.3, 0.4) is 0 Å². The second kappa shape index (κ2) is 9.19. The SMILES string of the molecule is CC(=O)N[C@@H](CC(=O)Nc1ccccc1Oc1ccc(C)cc1)c1cccs1. The maximum Gasteiger partial charge on any atom is 0.226 e. The minimum absolute atomic E-state index is 0.138. The van der Waals surface area contributed by atoms with Crippen molar-refractivity contribution in [3.05, 3.63) is 76.5 Å². The molecule has 0 saturated carbocycles. The lowest BCUT2D eigenvalue weighted by atomic mass is 10.1. The van der Waals surface area contributed by atoms with E-state index >= 15 is 0 Å². The minimum atomic E-state index is -0.359. The quantitative estimate of drug-likeness (QED) is 0.589. The first-order chi connectivity index (χ1) is 13.5. The average molecular weight is 394 g/mol. The van der Waals surface area contributed by atoms with Crippen LogP contribution >= 0.6 is 11.3 Å². The smallest absolute Gasteiger partial charge is 0.226 e. The first kappa shape index (κ1) is 19.6. The summed E-state index contributed by atoms with van der Waals surface area (Å²) in [7, 11) is 0. The van der Waals surface area contributed by atoms with Gasteiger partial charge in [0.1, 0.15) is 5.75 Å². The number of ether oxygens (including phenoxy) is 1. The Labute approximate surface area is 168 Å². The molecule has 0 unspecified atom stereocenters. The number of benzene rings is 2. The van der Waals surface area contributed by atoms with Crippen molar-refractivity contribution in [2.24, 2.45) is 0 Å². The molecule has 1 atom stereocenters. The number of hydrogen-bond acceptors (Lipinski definition) is 4. The van der Waals surface area contributed by atoms with Crippen LogP contribution in [0.1, 0.15) is 29.8 Å². The van der Waals surface area contributed by atoms with E-state index in [0.717, 1.165) is 10.4 Å². The molecule has 0 bridgehead atoms. The fraction of sp³-hybridized carbons (Fsp3) is 0.182. The van der Waals surface area contributed by atoms with Crippen LogP contribution in [0.25, 0.3) is 0 Å². The monoisotopic (exact) mass is 394 g/mol. The van der Waals surface area contributed by atoms with E-state index in [1.54, 1.807) is 12.1 Å². The Morgan fingerprint density at radius 3 is 2.46 bits per heavy atom. The molecule has 0 aliphatic rings. The number of carbonyl (C=O) groups excluding carboxylic acids is 2. The van der Waals surface area contributed by atoms with Gasteiger partial charge in [0.15, 0.2) is 5.75 Å². The van der Waals surface area contributed by atoms with Crippen molar-refractivity contribution in [3.8, 4) is 11.5 Å². The van der Waals surface area contributed by atoms with Crippen LogP contribution in [0.5, 0.6) is 11.5 Å². The Morgan fingerprint density at radius 1 is 1.04 bits per heavy atom. The van der Waals surface area contributed by atoms with Gasteiger partial charge in [-0.1, -0.05) is 35.9 Å². The highest BCUT2D eigenvalue weighted by molar-refractivity contribution is 7.10. The zero-order valence-electron chi connectivity index (χ0n) is 15.8. The number of anilines is 1. The van der Waals surface area contributed by atoms with Crippen LogP contribution < -0.4 is 15.4 Å². The van der Waals surface area contributed by atoms with Gasteiger partial charge in [-0.2, -0.15) is 0 Å². The number of amides is 2. The maximum absolute atomic E-state index is 12.6. The zero-order valence-corrected chi connectivity index (χ0v) is 16.6. The molecular weight excluding hydrogens is 372 g/mol. The van der Waals surface area contributed by atoms with E-state index in [1.165, 1.54) is 18.3 Å². The van der Waals surface area contributed by atoms with Crippen LogP contribution in [0, 0.1) is 6.92 Å². The molecule has 3 aromatic rings. The van der Waals surface area contributed by atoms with Gasteiger partial charge < -0.3 is 15.4 Å². The fourth-order valence-corrected chi connectivity index (χ4v) is 3.51. The van der Waals surface area contributed by atoms with Crippen molar-refractivity contribution in [2.45, 2.75) is 26.3 Å². The van der Waals surface area contributed by atoms with E-state index in [1.807, 2.05) is 60.8 Å². The summed E-state index contributed by atoms with van der Waals surface area (Å²) >= 11 is 1.51. The van der Waals surface area contributed by atoms with Crippen molar-refractivity contribution < 1.29 is 14.3 Å². The van der Waals surface area contributed by atoms with Gasteiger partial charge in [0.05, 0.1) is 18.2 Å². The Balaban J connectivity index is 1.71. The second-order valence-electron chi connectivity index (χ2n) is 6.43. The van der Waals surface area contributed by atoms with Crippen molar-refractivity contribution >= 4 is 28.8 Å². The van der Waals surface area contributed by atoms with Crippen LogP contribution in [0.2, 0.25) is 0 Å². The molecule has 1 aromatic heterocycles. The second-order valence-corrected chi connectivity index (χ2v) is 7.41. The van der Waals surface area contributed by atoms with Gasteiger partial charge in [-0.15, -0.1) is 11.3 Å². The van der Waals surface area contributed by atoms with E-state index in [2.05, 4.69) is 10.6 Å². The topological polar surface area (TPSA) is 67.4 Å². The molecular formula is C22H22N2O3S. The Morgan fingerprint density at radius 2 is 1.79 bits per heavy atom. The summed E-state index contributed by atoms with van der Waals surface area (Å²) in [5.74, 6) is 0.885. The van der Waals surface area contributed by atoms with Gasteiger partial charge in [0, 0.05) is 11.8 Å². The first-order valence-corrected chi connectivity index (χ1v) is 9.83. The predicted octanol–water partition coefficient (Wildman–Crippen LogP) is 5.05. The number of hydrogen-bond donors (Lipinski definition) is 2. The van der Waals surface area contributed by atoms with Crippen LogP contribution in [0.15, 0.2) is 66.0 Å². The molecule has 0 saturated heterocycles. The van der Waals surface area contributed by atoms with Crippen LogP contribution in [0.4, 0.5) is 5.69 Å². The van der Waals surface area contributed by atoms with Gasteiger partial charge in [0.25, 0.3) is 0 Å². The Hall–Kier alpha value is -3.12. The van der Waals surface area contributed by atoms with Gasteiger partial charge >= 0.3 is 0 Å². The molecule has 28 heavy (non-hydrogen) atoms. The highest BCUT2D eigenvalue weighted by atomic mass is 32.1. The van der Waals surface area contributed by atoms with Crippen molar-refractivity contribution in [3.63, 3.8) is 0 Å². The highest BCUT2D eigenvalue weighted by Crippen LogP contribution is 2.30. The summed E-state index contributed by atoms with van der Waals surface area (Å²) < 4.78 is 5.92. The van der Waals surface area contributed by atoms with Gasteiger partial charge in [0.2, 0.25) is 11.8 Å². The van der Waals surface area contributed by atoms with Crippen molar-refractivity contribution in [1.82, 2.24) is 5.32 Å². The molecule has 0 spiro atoms. The number of aryl methyl sites for hydroxylation is 1. The number of rotatable bonds is 7. The predicted molar refractivity (Wildman–Crippen MR) is 112 cm³/mol. The Bertz CT molecular complexity index is 937. The molecule has 0 aliphatic carbocycles. The van der Waals surface area contributed by atoms with E-state index in [9.17, 15) is 9.59 Å². The number of nitrogens with one attached hydrogen (secondary N) is 2. The largest absolute Gasteiger partial charge is 0.455 e. The highest BCUT2D eigenvalue weighted by Gasteiger charge is 2.19. The van der Waals surface area contributed by atoms with Crippen LogP contribution in [-0.2, 0) is 9.59 Å². The molecule has 0 fully saturated rings. The molecule has 6 heteroatoms. The van der Waals surface area contributed by atoms with E-state index < -0.39 is 0 Å². The zero-order chi connectivity index (χ0) is 19.9. The number of para-hydroxylation sites is 2. The van der Waals surface area contributed by atoms with Crippen molar-refractivity contribution in [2.75, 3.05) is 5.32 Å². The lowest BCUT2D eigenvalue weighted by Gasteiger charge is -2.17. The standard InChI is InChI=1S/C22H22N2O3S/c1-15-9-11-17(12-10-15)27-20-7-4-3-6-18(20)24-22(26)14-19(23-16(2)25)21-8-5-13-28-21/h3-13,19H,14H2,1-2H3,(H,23,25)(H,24,26)/t19-/m0/s1. The van der Waals surface area contributed by atoms with E-state index in [4.69, 9.17) is 4.74 Å². The maximum atomic E-state index is 12.6. The third kappa shape index (κ3) is 5.44. The summed E-state index contributed by atoms with van der Waals surface area (Å²) in [6.07, 6.45) is 0.138. The minimum Gasteiger partial charge on any atom is -0.455 e. The molecule has 5 nitrogen and oxygen atoms in total. The Kier molecular flexibility index (Phi) is 6.45. The molecule has 0 aliphatic heterocycles. The average Bonchev–Trinajstić information content (AvgIpc) is 3.19. The summed E-state index contributed by atoms with van der Waals surface area (Å²) in [5, 5.41) is 7.66. The fourth-order valence-electron chi connectivity index (χ4n) is 2.74. The molecule has 144 valence electrons. The lowest BCUT2D eigenvalue weighted by Crippen LogP contribution is -2.29. The molecule has 3 rings (SSSR count). The molecule has 2 amide bonds. The number of carbonyl (C=O) groups is 2. The summed E-state index contributed by atoms with van der Waals surface area (Å²) in [6, 6.07) is 18.4.